The molecule has 2 heteroatoms. The molecular formula is C8H14O2. The third-order valence-corrected chi connectivity index (χ3v) is 2.31. The smallest absolute Gasteiger partial charge is 0.0515 e. The molecule has 1 aliphatic carbocycles. The van der Waals surface area contributed by atoms with Gasteiger partial charge in [0, 0.05) is 5.41 Å². The lowest BCUT2D eigenvalue weighted by atomic mass is 10.1. The highest BCUT2D eigenvalue weighted by Crippen LogP contribution is 2.52. The van der Waals surface area contributed by atoms with E-state index >= 15 is 0 Å². The summed E-state index contributed by atoms with van der Waals surface area (Å²) in [6.45, 7) is 2.18. The van der Waals surface area contributed by atoms with Crippen molar-refractivity contribution < 1.29 is 10.2 Å². The monoisotopic (exact) mass is 142 g/mol. The van der Waals surface area contributed by atoms with Gasteiger partial charge in [0.2, 0.25) is 0 Å². The second kappa shape index (κ2) is 2.72. The van der Waals surface area contributed by atoms with Gasteiger partial charge in [-0.3, -0.25) is 0 Å². The van der Waals surface area contributed by atoms with Gasteiger partial charge >= 0.3 is 0 Å². The number of hydrogen-bond donors (Lipinski definition) is 2. The Morgan fingerprint density at radius 2 is 2.10 bits per heavy atom. The highest BCUT2D eigenvalue weighted by molar-refractivity contribution is 5.11. The fraction of sp³-hybridized carbons (Fsp3) is 0.750. The Balaban J connectivity index is 2.44. The molecule has 1 aliphatic rings. The predicted octanol–water partition coefficient (Wildman–Crippen LogP) is 0.553. The van der Waals surface area contributed by atoms with E-state index in [0.29, 0.717) is 5.92 Å². The van der Waals surface area contributed by atoms with Crippen LogP contribution in [-0.2, 0) is 0 Å². The van der Waals surface area contributed by atoms with Crippen molar-refractivity contribution in [3.8, 4) is 0 Å². The molecule has 0 aliphatic heterocycles. The van der Waals surface area contributed by atoms with Crippen molar-refractivity contribution in [1.82, 2.24) is 0 Å². The molecule has 0 spiro atoms. The maximum absolute atomic E-state index is 8.86. The summed E-state index contributed by atoms with van der Waals surface area (Å²) in [5.74, 6) is 0.410. The molecule has 1 rings (SSSR count). The highest BCUT2D eigenvalue weighted by Gasteiger charge is 2.51. The molecule has 0 unspecified atom stereocenters. The minimum Gasteiger partial charge on any atom is -0.396 e. The number of rotatable bonds is 3. The predicted molar refractivity (Wildman–Crippen MR) is 39.5 cm³/mol. The van der Waals surface area contributed by atoms with Gasteiger partial charge in [-0.15, -0.1) is 0 Å². The van der Waals surface area contributed by atoms with E-state index < -0.39 is 0 Å². The largest absolute Gasteiger partial charge is 0.396 e. The van der Waals surface area contributed by atoms with Crippen LogP contribution in [0.15, 0.2) is 12.2 Å². The number of allylic oxidation sites excluding steroid dienone is 2. The topological polar surface area (TPSA) is 40.5 Å². The average molecular weight is 142 g/mol. The first-order valence-electron chi connectivity index (χ1n) is 3.63. The van der Waals surface area contributed by atoms with Gasteiger partial charge in [0.05, 0.1) is 13.2 Å². The van der Waals surface area contributed by atoms with E-state index in [2.05, 4.69) is 0 Å². The van der Waals surface area contributed by atoms with Gasteiger partial charge in [-0.25, -0.2) is 0 Å². The minimum atomic E-state index is -0.174. The summed E-state index contributed by atoms with van der Waals surface area (Å²) in [6.07, 6.45) is 4.95. The number of aliphatic hydroxyl groups excluding tert-OH is 2. The second-order valence-corrected chi connectivity index (χ2v) is 3.02. The maximum atomic E-state index is 8.86. The van der Waals surface area contributed by atoms with Crippen LogP contribution in [0.25, 0.3) is 0 Å². The maximum Gasteiger partial charge on any atom is 0.0515 e. The van der Waals surface area contributed by atoms with Crippen LogP contribution >= 0.6 is 0 Å². The van der Waals surface area contributed by atoms with E-state index in [1.165, 1.54) is 0 Å². The molecule has 1 atom stereocenters. The zero-order chi connectivity index (χ0) is 7.61. The van der Waals surface area contributed by atoms with Crippen LogP contribution in [0.4, 0.5) is 0 Å². The summed E-state index contributed by atoms with van der Waals surface area (Å²) in [5, 5.41) is 17.7. The van der Waals surface area contributed by atoms with Gasteiger partial charge in [-0.05, 0) is 19.3 Å². The Morgan fingerprint density at radius 3 is 2.40 bits per heavy atom. The van der Waals surface area contributed by atoms with Crippen molar-refractivity contribution >= 4 is 0 Å². The number of hydrogen-bond acceptors (Lipinski definition) is 2. The molecular weight excluding hydrogens is 128 g/mol. The van der Waals surface area contributed by atoms with Crippen molar-refractivity contribution in [3.63, 3.8) is 0 Å². The van der Waals surface area contributed by atoms with E-state index in [0.717, 1.165) is 6.42 Å². The van der Waals surface area contributed by atoms with Crippen molar-refractivity contribution in [2.45, 2.75) is 13.3 Å². The quantitative estimate of drug-likeness (QED) is 0.565. The molecule has 0 amide bonds. The SMILES string of the molecule is C/C=C\[C@H]1CC1(CO)CO. The lowest BCUT2D eigenvalue weighted by Gasteiger charge is -2.06. The molecule has 0 bridgehead atoms. The Kier molecular flexibility index (Phi) is 2.11. The van der Waals surface area contributed by atoms with Crippen LogP contribution < -0.4 is 0 Å². The van der Waals surface area contributed by atoms with Gasteiger partial charge in [0.25, 0.3) is 0 Å². The first-order chi connectivity index (χ1) is 4.79. The van der Waals surface area contributed by atoms with Crippen LogP contribution in [0.1, 0.15) is 13.3 Å². The highest BCUT2D eigenvalue weighted by atomic mass is 16.3. The Labute approximate surface area is 61.2 Å². The summed E-state index contributed by atoms with van der Waals surface area (Å²) in [4.78, 5) is 0. The minimum absolute atomic E-state index is 0.110. The standard InChI is InChI=1S/C8H14O2/c1-2-3-7-4-8(7,5-9)6-10/h2-3,7,9-10H,4-6H2,1H3/b3-2-/t7-/m0/s1. The summed E-state index contributed by atoms with van der Waals surface area (Å²) in [6, 6.07) is 0. The molecule has 0 aromatic heterocycles. The summed E-state index contributed by atoms with van der Waals surface area (Å²) < 4.78 is 0. The molecule has 10 heavy (non-hydrogen) atoms. The van der Waals surface area contributed by atoms with Crippen LogP contribution in [0.3, 0.4) is 0 Å². The fourth-order valence-corrected chi connectivity index (χ4v) is 1.30. The molecule has 0 saturated heterocycles. The van der Waals surface area contributed by atoms with Crippen LogP contribution in [0.5, 0.6) is 0 Å². The van der Waals surface area contributed by atoms with E-state index in [4.69, 9.17) is 10.2 Å². The van der Waals surface area contributed by atoms with Gasteiger partial charge in [0.15, 0.2) is 0 Å². The molecule has 2 nitrogen and oxygen atoms in total. The van der Waals surface area contributed by atoms with Crippen LogP contribution in [-0.4, -0.2) is 23.4 Å². The average Bonchev–Trinajstić information content (AvgIpc) is 2.65. The normalized spacial score (nSPS) is 29.3. The first-order valence-corrected chi connectivity index (χ1v) is 3.63. The van der Waals surface area contributed by atoms with Crippen molar-refractivity contribution in [3.05, 3.63) is 12.2 Å². The number of aliphatic hydroxyl groups is 2. The zero-order valence-electron chi connectivity index (χ0n) is 6.25. The zero-order valence-corrected chi connectivity index (χ0v) is 6.25. The van der Waals surface area contributed by atoms with E-state index in [-0.39, 0.29) is 18.6 Å². The third-order valence-electron chi connectivity index (χ3n) is 2.31. The molecule has 58 valence electrons. The molecule has 2 N–H and O–H groups in total. The second-order valence-electron chi connectivity index (χ2n) is 3.02. The molecule has 0 heterocycles. The molecule has 1 fully saturated rings. The van der Waals surface area contributed by atoms with Gasteiger partial charge in [-0.2, -0.15) is 0 Å². The summed E-state index contributed by atoms with van der Waals surface area (Å²) in [5.41, 5.74) is -0.174. The first kappa shape index (κ1) is 7.76. The fourth-order valence-electron chi connectivity index (χ4n) is 1.30. The van der Waals surface area contributed by atoms with Gasteiger partial charge in [-0.1, -0.05) is 12.2 Å². The third kappa shape index (κ3) is 1.09. The van der Waals surface area contributed by atoms with Gasteiger partial charge in [0.1, 0.15) is 0 Å². The molecule has 0 radical (unpaired) electrons. The lowest BCUT2D eigenvalue weighted by molar-refractivity contribution is 0.126. The molecule has 0 aromatic rings. The van der Waals surface area contributed by atoms with Crippen LogP contribution in [0.2, 0.25) is 0 Å². The van der Waals surface area contributed by atoms with E-state index in [1.807, 2.05) is 19.1 Å². The van der Waals surface area contributed by atoms with E-state index in [9.17, 15) is 0 Å². The molecule has 1 saturated carbocycles. The lowest BCUT2D eigenvalue weighted by Crippen LogP contribution is -2.14. The Morgan fingerprint density at radius 1 is 1.50 bits per heavy atom. The van der Waals surface area contributed by atoms with Gasteiger partial charge < -0.3 is 10.2 Å². The summed E-state index contributed by atoms with van der Waals surface area (Å²) >= 11 is 0. The Bertz CT molecular complexity index is 136. The molecule has 0 aromatic carbocycles. The van der Waals surface area contributed by atoms with Crippen molar-refractivity contribution in [2.24, 2.45) is 11.3 Å². The summed E-state index contributed by atoms with van der Waals surface area (Å²) in [7, 11) is 0. The Hall–Kier alpha value is -0.340. The van der Waals surface area contributed by atoms with Crippen LogP contribution in [0, 0.1) is 11.3 Å². The van der Waals surface area contributed by atoms with E-state index in [1.54, 1.807) is 0 Å². The van der Waals surface area contributed by atoms with Crippen molar-refractivity contribution in [1.29, 1.82) is 0 Å². The van der Waals surface area contributed by atoms with Crippen molar-refractivity contribution in [2.75, 3.05) is 13.2 Å².